The minimum Gasteiger partial charge on any atom is -0.428 e. The lowest BCUT2D eigenvalue weighted by atomic mass is 10.4. The lowest BCUT2D eigenvalue weighted by molar-refractivity contribution is 0.401. The molecule has 2 nitrogen and oxygen atoms in total. The van der Waals surface area contributed by atoms with E-state index in [1.165, 1.54) is 15.6 Å². The molecule has 0 bridgehead atoms. The van der Waals surface area contributed by atoms with Gasteiger partial charge in [-0.05, 0) is 38.9 Å². The molecule has 4 rings (SSSR count). The van der Waals surface area contributed by atoms with E-state index in [4.69, 9.17) is 8.23 Å². The molecule has 0 heterocycles. The predicted octanol–water partition coefficient (Wildman–Crippen LogP) is 6.73. The molecule has 4 aromatic carbocycles. The first-order valence-electron chi connectivity index (χ1n) is 14.1. The molecule has 208 valence electrons. The van der Waals surface area contributed by atoms with Crippen molar-refractivity contribution in [2.24, 2.45) is 0 Å². The molecular weight excluding hydrogens is 549 g/mol. The molecular formula is C36H40O2Si3. The molecule has 0 saturated heterocycles. The lowest BCUT2D eigenvalue weighted by Crippen LogP contribution is -2.73. The molecule has 1 atom stereocenters. The minimum atomic E-state index is -3.24. The normalized spacial score (nSPS) is 13.1. The molecule has 0 aliphatic heterocycles. The van der Waals surface area contributed by atoms with Crippen LogP contribution in [0.3, 0.4) is 0 Å². The van der Waals surface area contributed by atoms with Gasteiger partial charge in [-0.2, -0.15) is 0 Å². The van der Waals surface area contributed by atoms with Crippen molar-refractivity contribution in [3.8, 4) is 0 Å². The van der Waals surface area contributed by atoms with Crippen LogP contribution in [0.4, 0.5) is 0 Å². The molecule has 0 aliphatic rings. The first-order valence-corrected chi connectivity index (χ1v) is 20.6. The van der Waals surface area contributed by atoms with Crippen molar-refractivity contribution >= 4 is 45.9 Å². The Kier molecular flexibility index (Phi) is 10.6. The van der Waals surface area contributed by atoms with Gasteiger partial charge in [0.1, 0.15) is 0 Å². The zero-order chi connectivity index (χ0) is 29.0. The van der Waals surface area contributed by atoms with Gasteiger partial charge in [0, 0.05) is 6.04 Å². The summed E-state index contributed by atoms with van der Waals surface area (Å²) in [4.78, 5) is 0. The summed E-state index contributed by atoms with van der Waals surface area (Å²) in [6.07, 6.45) is 8.00. The molecule has 0 fully saturated rings. The molecule has 5 heteroatoms. The van der Waals surface area contributed by atoms with E-state index in [-0.39, 0.29) is 0 Å². The molecule has 0 saturated carbocycles. The Bertz CT molecular complexity index is 1360. The summed E-state index contributed by atoms with van der Waals surface area (Å²) in [5, 5.41) is 4.72. The average Bonchev–Trinajstić information content (AvgIpc) is 3.03. The van der Waals surface area contributed by atoms with Gasteiger partial charge in [0.15, 0.2) is 0 Å². The van der Waals surface area contributed by atoms with Crippen LogP contribution in [-0.2, 0) is 8.23 Å². The highest BCUT2D eigenvalue weighted by atomic mass is 28.5. The van der Waals surface area contributed by atoms with Crippen LogP contribution in [0, 0.1) is 0 Å². The SMILES string of the molecule is C=CC[Si](CC=C)(O[Si](CC=C)(O[Si](CC=C)(c1ccccc1)c1ccccc1)c1ccccc1)c1ccccc1. The molecule has 0 N–H and O–H groups in total. The van der Waals surface area contributed by atoms with Crippen molar-refractivity contribution < 1.29 is 8.23 Å². The summed E-state index contributed by atoms with van der Waals surface area (Å²) >= 11 is 0. The van der Waals surface area contributed by atoms with Crippen molar-refractivity contribution in [2.75, 3.05) is 0 Å². The van der Waals surface area contributed by atoms with Gasteiger partial charge in [-0.3, -0.25) is 0 Å². The maximum Gasteiger partial charge on any atom is 0.356 e. The fourth-order valence-electron chi connectivity index (χ4n) is 5.67. The summed E-state index contributed by atoms with van der Waals surface area (Å²) < 4.78 is 15.7. The highest BCUT2D eigenvalue weighted by Crippen LogP contribution is 2.31. The number of allylic oxidation sites excluding steroid dienone is 4. The van der Waals surface area contributed by atoms with Crippen LogP contribution in [0.25, 0.3) is 0 Å². The molecule has 0 radical (unpaired) electrons. The molecule has 0 amide bonds. The van der Waals surface area contributed by atoms with E-state index in [1.807, 2.05) is 24.3 Å². The Labute approximate surface area is 249 Å². The Morgan fingerprint density at radius 2 is 0.780 bits per heavy atom. The first kappa shape index (κ1) is 30.4. The van der Waals surface area contributed by atoms with E-state index in [1.54, 1.807) is 0 Å². The number of hydrogen-bond donors (Lipinski definition) is 0. The molecule has 4 aromatic rings. The summed E-state index contributed by atoms with van der Waals surface area (Å²) in [6, 6.07) is 45.4. The van der Waals surface area contributed by atoms with Gasteiger partial charge in [-0.15, -0.1) is 26.3 Å². The molecule has 0 aliphatic carbocycles. The lowest BCUT2D eigenvalue weighted by Gasteiger charge is -2.46. The second kappa shape index (κ2) is 14.3. The number of benzene rings is 4. The van der Waals surface area contributed by atoms with Crippen LogP contribution in [0.15, 0.2) is 172 Å². The van der Waals surface area contributed by atoms with Crippen LogP contribution < -0.4 is 20.7 Å². The highest BCUT2D eigenvalue weighted by Gasteiger charge is 2.54. The number of rotatable bonds is 16. The van der Waals surface area contributed by atoms with Gasteiger partial charge in [0.25, 0.3) is 8.32 Å². The van der Waals surface area contributed by atoms with Crippen LogP contribution in [0.2, 0.25) is 24.2 Å². The standard InChI is InChI=1S/C36H40O2Si3/c1-5-29-39(30-6-2,33-21-13-9-14-22-33)37-41(32-8-4,36-27-19-12-20-28-36)38-40(31-7-3,34-23-15-10-16-24-34)35-25-17-11-18-26-35/h5-28H,1-4,29-32H2. The summed E-state index contributed by atoms with van der Waals surface area (Å²) in [6.45, 7) is 16.8. The summed E-state index contributed by atoms with van der Waals surface area (Å²) in [7, 11) is -8.85. The Hall–Kier alpha value is -3.59. The van der Waals surface area contributed by atoms with Gasteiger partial charge < -0.3 is 8.23 Å². The van der Waals surface area contributed by atoms with Crippen LogP contribution in [-0.4, -0.2) is 25.2 Å². The Morgan fingerprint density at radius 1 is 0.415 bits per heavy atom. The third-order valence-corrected chi connectivity index (χ3v) is 21.8. The zero-order valence-electron chi connectivity index (χ0n) is 23.8. The van der Waals surface area contributed by atoms with E-state index >= 15 is 0 Å². The minimum absolute atomic E-state index is 0.610. The van der Waals surface area contributed by atoms with E-state index in [0.717, 1.165) is 17.3 Å². The Balaban J connectivity index is 2.04. The monoisotopic (exact) mass is 588 g/mol. The van der Waals surface area contributed by atoms with Crippen LogP contribution in [0.5, 0.6) is 0 Å². The van der Waals surface area contributed by atoms with Crippen molar-refractivity contribution in [1.29, 1.82) is 0 Å². The smallest absolute Gasteiger partial charge is 0.356 e. The Morgan fingerprint density at radius 3 is 1.17 bits per heavy atom. The second-order valence-electron chi connectivity index (χ2n) is 10.2. The van der Waals surface area contributed by atoms with Gasteiger partial charge in [-0.25, -0.2) is 0 Å². The maximum atomic E-state index is 7.91. The van der Waals surface area contributed by atoms with E-state index in [0.29, 0.717) is 12.1 Å². The maximum absolute atomic E-state index is 7.91. The van der Waals surface area contributed by atoms with E-state index in [9.17, 15) is 0 Å². The van der Waals surface area contributed by atoms with Crippen molar-refractivity contribution in [2.45, 2.75) is 24.2 Å². The molecule has 1 unspecified atom stereocenters. The number of hydrogen-bond acceptors (Lipinski definition) is 2. The third kappa shape index (κ3) is 6.67. The predicted molar refractivity (Wildman–Crippen MR) is 184 cm³/mol. The van der Waals surface area contributed by atoms with Gasteiger partial charge in [0.2, 0.25) is 8.32 Å². The largest absolute Gasteiger partial charge is 0.428 e. The van der Waals surface area contributed by atoms with Crippen molar-refractivity contribution in [3.05, 3.63) is 172 Å². The summed E-state index contributed by atoms with van der Waals surface area (Å²) in [5.74, 6) is 0. The van der Waals surface area contributed by atoms with E-state index < -0.39 is 25.2 Å². The van der Waals surface area contributed by atoms with Gasteiger partial charge >= 0.3 is 8.56 Å². The fraction of sp³-hybridized carbons (Fsp3) is 0.111. The van der Waals surface area contributed by atoms with Crippen LogP contribution >= 0.6 is 0 Å². The first-order chi connectivity index (χ1) is 20.1. The van der Waals surface area contributed by atoms with E-state index in [2.05, 4.69) is 148 Å². The molecule has 41 heavy (non-hydrogen) atoms. The third-order valence-electron chi connectivity index (χ3n) is 7.49. The fourth-order valence-corrected chi connectivity index (χ4v) is 21.4. The average molecular weight is 589 g/mol. The second-order valence-corrected chi connectivity index (χ2v) is 20.9. The zero-order valence-corrected chi connectivity index (χ0v) is 26.8. The van der Waals surface area contributed by atoms with Crippen molar-refractivity contribution in [3.63, 3.8) is 0 Å². The highest BCUT2D eigenvalue weighted by molar-refractivity contribution is 7.06. The van der Waals surface area contributed by atoms with Gasteiger partial charge in [0.05, 0.1) is 0 Å². The molecule has 0 spiro atoms. The quantitative estimate of drug-likeness (QED) is 0.107. The summed E-state index contributed by atoms with van der Waals surface area (Å²) in [5.41, 5.74) is 0. The molecule has 0 aromatic heterocycles. The van der Waals surface area contributed by atoms with Gasteiger partial charge in [-0.1, -0.05) is 146 Å². The van der Waals surface area contributed by atoms with Crippen LogP contribution in [0.1, 0.15) is 0 Å². The van der Waals surface area contributed by atoms with Crippen molar-refractivity contribution in [1.82, 2.24) is 0 Å². The topological polar surface area (TPSA) is 18.5 Å².